The molecule has 10 heteroatoms. The first-order chi connectivity index (χ1) is 15.9. The van der Waals surface area contributed by atoms with Crippen molar-refractivity contribution < 1.29 is 14.5 Å². The van der Waals surface area contributed by atoms with E-state index in [2.05, 4.69) is 32.5 Å². The molecule has 0 aliphatic carbocycles. The molecule has 0 heterocycles. The molecule has 0 saturated heterocycles. The van der Waals surface area contributed by atoms with Gasteiger partial charge in [-0.15, -0.1) is 0 Å². The number of carbonyl (C=O) groups is 1. The van der Waals surface area contributed by atoms with Crippen LogP contribution in [0.1, 0.15) is 22.3 Å². The quantitative estimate of drug-likeness (QED) is 0.247. The highest BCUT2D eigenvalue weighted by Crippen LogP contribution is 2.35. The minimum absolute atomic E-state index is 0.125. The Morgan fingerprint density at radius 2 is 1.91 bits per heavy atom. The Labute approximate surface area is 202 Å². The van der Waals surface area contributed by atoms with Gasteiger partial charge in [0.15, 0.2) is 5.75 Å². The number of rotatable bonds is 8. The lowest BCUT2D eigenvalue weighted by Crippen LogP contribution is -2.20. The van der Waals surface area contributed by atoms with E-state index >= 15 is 0 Å². The molecule has 8 nitrogen and oxygen atoms in total. The fraction of sp³-hybridized carbons (Fsp3) is 0.0870. The minimum atomic E-state index is -0.534. The summed E-state index contributed by atoms with van der Waals surface area (Å²) in [6, 6.07) is 18.6. The van der Waals surface area contributed by atoms with Crippen LogP contribution in [0, 0.1) is 21.4 Å². The predicted molar refractivity (Wildman–Crippen MR) is 127 cm³/mol. The van der Waals surface area contributed by atoms with E-state index < -0.39 is 10.8 Å². The van der Waals surface area contributed by atoms with Crippen LogP contribution >= 0.6 is 27.5 Å². The molecule has 33 heavy (non-hydrogen) atoms. The van der Waals surface area contributed by atoms with Gasteiger partial charge in [-0.25, -0.2) is 5.43 Å². The highest BCUT2D eigenvalue weighted by atomic mass is 79.9. The third-order valence-electron chi connectivity index (χ3n) is 4.47. The van der Waals surface area contributed by atoms with Crippen molar-refractivity contribution >= 4 is 45.3 Å². The molecule has 0 atom stereocenters. The lowest BCUT2D eigenvalue weighted by atomic mass is 10.1. The number of halogens is 2. The Kier molecular flexibility index (Phi) is 8.13. The molecule has 1 amide bonds. The third kappa shape index (κ3) is 6.38. The normalized spacial score (nSPS) is 10.6. The molecule has 166 valence electrons. The summed E-state index contributed by atoms with van der Waals surface area (Å²) in [5, 5.41) is 24.4. The smallest absolute Gasteiger partial charge is 0.273 e. The first-order valence-corrected chi connectivity index (χ1v) is 10.7. The summed E-state index contributed by atoms with van der Waals surface area (Å²) in [6.07, 6.45) is 1.21. The van der Waals surface area contributed by atoms with Crippen molar-refractivity contribution in [2.24, 2.45) is 5.10 Å². The Morgan fingerprint density at radius 3 is 2.61 bits per heavy atom. The number of hydrogen-bond acceptors (Lipinski definition) is 6. The lowest BCUT2D eigenvalue weighted by molar-refractivity contribution is -0.385. The molecule has 0 spiro atoms. The molecule has 0 aliphatic rings. The fourth-order valence-corrected chi connectivity index (χ4v) is 3.92. The second-order valence-corrected chi connectivity index (χ2v) is 7.99. The Morgan fingerprint density at radius 1 is 1.21 bits per heavy atom. The van der Waals surface area contributed by atoms with E-state index in [1.54, 1.807) is 36.4 Å². The Balaban J connectivity index is 1.63. The van der Waals surface area contributed by atoms with Crippen LogP contribution in [0.5, 0.6) is 5.75 Å². The van der Waals surface area contributed by atoms with Gasteiger partial charge in [-0.3, -0.25) is 14.9 Å². The van der Waals surface area contributed by atoms with Crippen LogP contribution in [0.3, 0.4) is 0 Å². The SMILES string of the molecule is N#Cc1ccccc1COc1c(Cl)cc(/C=N/NC(=O)Cc2ccccc2[N+](=O)[O-])cc1Br. The van der Waals surface area contributed by atoms with Crippen molar-refractivity contribution in [1.29, 1.82) is 5.26 Å². The van der Waals surface area contributed by atoms with E-state index in [0.29, 0.717) is 31.9 Å². The molecule has 0 fully saturated rings. The van der Waals surface area contributed by atoms with Crippen molar-refractivity contribution in [3.05, 3.63) is 103 Å². The molecule has 1 N–H and O–H groups in total. The van der Waals surface area contributed by atoms with Gasteiger partial charge in [0, 0.05) is 17.2 Å². The Bertz CT molecular complexity index is 1250. The molecule has 0 radical (unpaired) electrons. The number of ether oxygens (including phenoxy) is 1. The topological polar surface area (TPSA) is 118 Å². The zero-order valence-electron chi connectivity index (χ0n) is 17.0. The number of amides is 1. The van der Waals surface area contributed by atoms with E-state index in [-0.39, 0.29) is 18.7 Å². The van der Waals surface area contributed by atoms with Gasteiger partial charge in [-0.2, -0.15) is 10.4 Å². The number of nitrogens with zero attached hydrogens (tertiary/aromatic N) is 3. The maximum atomic E-state index is 12.1. The third-order valence-corrected chi connectivity index (χ3v) is 5.34. The summed E-state index contributed by atoms with van der Waals surface area (Å²) >= 11 is 9.74. The second kappa shape index (κ2) is 11.2. The lowest BCUT2D eigenvalue weighted by Gasteiger charge is -2.12. The zero-order chi connectivity index (χ0) is 23.8. The van der Waals surface area contributed by atoms with Gasteiger partial charge in [-0.05, 0) is 39.7 Å². The second-order valence-electron chi connectivity index (χ2n) is 6.73. The van der Waals surface area contributed by atoms with E-state index in [9.17, 15) is 20.2 Å². The van der Waals surface area contributed by atoms with Crippen LogP contribution in [0.4, 0.5) is 5.69 Å². The van der Waals surface area contributed by atoms with Gasteiger partial charge in [0.25, 0.3) is 5.69 Å². The van der Waals surface area contributed by atoms with Crippen molar-refractivity contribution in [3.63, 3.8) is 0 Å². The molecular formula is C23H16BrClN4O4. The largest absolute Gasteiger partial charge is 0.486 e. The van der Waals surface area contributed by atoms with Crippen LogP contribution in [0.2, 0.25) is 5.02 Å². The maximum absolute atomic E-state index is 12.1. The first kappa shape index (κ1) is 23.9. The van der Waals surface area contributed by atoms with Crippen LogP contribution in [-0.4, -0.2) is 17.0 Å². The average molecular weight is 528 g/mol. The number of nitro groups is 1. The summed E-state index contributed by atoms with van der Waals surface area (Å²) in [6.45, 7) is 0.164. The van der Waals surface area contributed by atoms with Crippen molar-refractivity contribution in [1.82, 2.24) is 5.43 Å². The summed E-state index contributed by atoms with van der Waals surface area (Å²) in [5.41, 5.74) is 4.35. The van der Waals surface area contributed by atoms with Gasteiger partial charge in [-0.1, -0.05) is 48.0 Å². The van der Waals surface area contributed by atoms with Gasteiger partial charge in [0.2, 0.25) is 5.91 Å². The van der Waals surface area contributed by atoms with E-state index in [1.165, 1.54) is 24.4 Å². The molecule has 0 aliphatic heterocycles. The van der Waals surface area contributed by atoms with Crippen molar-refractivity contribution in [3.8, 4) is 11.8 Å². The van der Waals surface area contributed by atoms with Gasteiger partial charge < -0.3 is 4.74 Å². The van der Waals surface area contributed by atoms with Crippen molar-refractivity contribution in [2.45, 2.75) is 13.0 Å². The monoisotopic (exact) mass is 526 g/mol. The molecule has 3 aromatic rings. The van der Waals surface area contributed by atoms with E-state index in [0.717, 1.165) is 5.56 Å². The van der Waals surface area contributed by atoms with E-state index in [1.807, 2.05) is 6.07 Å². The van der Waals surface area contributed by atoms with Crippen LogP contribution in [0.15, 0.2) is 70.2 Å². The number of para-hydroxylation sites is 1. The number of nitriles is 1. The molecule has 0 saturated carbocycles. The summed E-state index contributed by atoms with van der Waals surface area (Å²) in [4.78, 5) is 22.6. The highest BCUT2D eigenvalue weighted by Gasteiger charge is 2.15. The highest BCUT2D eigenvalue weighted by molar-refractivity contribution is 9.10. The molecular weight excluding hydrogens is 512 g/mol. The molecule has 0 bridgehead atoms. The van der Waals surface area contributed by atoms with Gasteiger partial charge in [0.1, 0.15) is 6.61 Å². The molecule has 3 aromatic carbocycles. The van der Waals surface area contributed by atoms with Crippen LogP contribution < -0.4 is 10.2 Å². The number of nitro benzene ring substituents is 1. The summed E-state index contributed by atoms with van der Waals surface area (Å²) in [7, 11) is 0. The number of benzene rings is 3. The molecule has 0 aromatic heterocycles. The van der Waals surface area contributed by atoms with E-state index in [4.69, 9.17) is 16.3 Å². The summed E-state index contributed by atoms with van der Waals surface area (Å²) < 4.78 is 6.36. The minimum Gasteiger partial charge on any atom is -0.486 e. The molecule has 3 rings (SSSR count). The zero-order valence-corrected chi connectivity index (χ0v) is 19.3. The standard InChI is InChI=1S/C23H16BrClN4O4/c24-19-9-15(10-20(25)23(19)33-14-18-7-2-1-6-17(18)12-26)13-27-28-22(30)11-16-5-3-4-8-21(16)29(31)32/h1-10,13H,11,14H2,(H,28,30)/b27-13+. The van der Waals surface area contributed by atoms with Crippen LogP contribution in [-0.2, 0) is 17.8 Å². The number of hydrazone groups is 1. The molecule has 0 unspecified atom stereocenters. The number of nitrogens with one attached hydrogen (secondary N) is 1. The Hall–Kier alpha value is -3.74. The number of carbonyl (C=O) groups excluding carboxylic acids is 1. The van der Waals surface area contributed by atoms with Gasteiger partial charge in [0.05, 0.1) is 38.7 Å². The van der Waals surface area contributed by atoms with Gasteiger partial charge >= 0.3 is 0 Å². The summed E-state index contributed by atoms with van der Waals surface area (Å²) in [5.74, 6) is -0.0937. The first-order valence-electron chi connectivity index (χ1n) is 9.53. The number of hydrogen-bond donors (Lipinski definition) is 1. The van der Waals surface area contributed by atoms with Crippen molar-refractivity contribution in [2.75, 3.05) is 0 Å². The fourth-order valence-electron chi connectivity index (χ4n) is 2.93. The maximum Gasteiger partial charge on any atom is 0.273 e. The van der Waals surface area contributed by atoms with Crippen LogP contribution in [0.25, 0.3) is 0 Å². The average Bonchev–Trinajstić information content (AvgIpc) is 2.79. The predicted octanol–water partition coefficient (Wildman–Crippen LogP) is 5.15.